The van der Waals surface area contributed by atoms with E-state index in [1.165, 1.54) is 17.2 Å². The first-order chi connectivity index (χ1) is 9.99. The fraction of sp³-hybridized carbons (Fsp3) is 0.385. The van der Waals surface area contributed by atoms with Crippen LogP contribution in [0.5, 0.6) is 0 Å². The number of carbonyl (C=O) groups is 1. The number of halogens is 3. The van der Waals surface area contributed by atoms with Crippen LogP contribution < -0.4 is 0 Å². The molecule has 2 atom stereocenters. The van der Waals surface area contributed by atoms with Crippen LogP contribution in [-0.2, 0) is 0 Å². The first-order valence-electron chi connectivity index (χ1n) is 6.39. The van der Waals surface area contributed by atoms with E-state index in [9.17, 15) is 14.3 Å². The molecule has 1 fully saturated rings. The van der Waals surface area contributed by atoms with Crippen LogP contribution >= 0.6 is 23.2 Å². The molecule has 1 saturated heterocycles. The molecule has 2 aromatic rings. The van der Waals surface area contributed by atoms with Gasteiger partial charge in [-0.25, -0.2) is 9.37 Å². The Hall–Kier alpha value is -1.37. The third-order valence-electron chi connectivity index (χ3n) is 3.53. The Labute approximate surface area is 129 Å². The number of hydrogen-bond donors (Lipinski definition) is 1. The van der Waals surface area contributed by atoms with E-state index in [1.54, 1.807) is 10.6 Å². The van der Waals surface area contributed by atoms with Crippen molar-refractivity contribution in [3.05, 3.63) is 34.2 Å². The van der Waals surface area contributed by atoms with Gasteiger partial charge in [-0.05, 0) is 6.07 Å². The molecule has 1 aliphatic heterocycles. The summed E-state index contributed by atoms with van der Waals surface area (Å²) in [4.78, 5) is 17.9. The lowest BCUT2D eigenvalue weighted by Crippen LogP contribution is -2.38. The van der Waals surface area contributed by atoms with Crippen molar-refractivity contribution in [2.24, 2.45) is 0 Å². The molecular weight excluding hydrogens is 320 g/mol. The molecule has 1 N–H and O–H groups in total. The zero-order valence-electron chi connectivity index (χ0n) is 10.8. The molecule has 5 nitrogen and oxygen atoms in total. The van der Waals surface area contributed by atoms with Gasteiger partial charge in [-0.2, -0.15) is 0 Å². The molecule has 2 aromatic heterocycles. The van der Waals surface area contributed by atoms with E-state index in [0.29, 0.717) is 15.7 Å². The highest BCUT2D eigenvalue weighted by Crippen LogP contribution is 2.25. The highest BCUT2D eigenvalue weighted by atomic mass is 35.5. The number of aliphatic hydroxyl groups is 1. The van der Waals surface area contributed by atoms with E-state index in [1.807, 2.05) is 0 Å². The third kappa shape index (κ3) is 2.59. The van der Waals surface area contributed by atoms with E-state index < -0.39 is 18.1 Å². The van der Waals surface area contributed by atoms with Crippen LogP contribution in [0.4, 0.5) is 4.39 Å². The second-order valence-corrected chi connectivity index (χ2v) is 5.83. The fourth-order valence-corrected chi connectivity index (χ4v) is 3.08. The topological polar surface area (TPSA) is 57.8 Å². The largest absolute Gasteiger partial charge is 0.394 e. The SMILES string of the molecule is O=C(c1cn2cc(Cl)cc(Cl)c2n1)N1C[C@@H](F)C[C@H]1CO. The van der Waals surface area contributed by atoms with E-state index in [-0.39, 0.29) is 25.3 Å². The quantitative estimate of drug-likeness (QED) is 0.917. The highest BCUT2D eigenvalue weighted by molar-refractivity contribution is 6.36. The molecule has 0 bridgehead atoms. The Morgan fingerprint density at radius 2 is 2.24 bits per heavy atom. The van der Waals surface area contributed by atoms with E-state index >= 15 is 0 Å². The van der Waals surface area contributed by atoms with Crippen molar-refractivity contribution in [2.75, 3.05) is 13.2 Å². The van der Waals surface area contributed by atoms with Gasteiger partial charge in [0.15, 0.2) is 5.65 Å². The second-order valence-electron chi connectivity index (χ2n) is 4.99. The zero-order chi connectivity index (χ0) is 15.1. The molecule has 8 heteroatoms. The van der Waals surface area contributed by atoms with Gasteiger partial charge in [0.25, 0.3) is 5.91 Å². The number of alkyl halides is 1. The maximum absolute atomic E-state index is 13.4. The Bertz CT molecular complexity index is 706. The van der Waals surface area contributed by atoms with Gasteiger partial charge in [0.05, 0.1) is 29.2 Å². The first-order valence-corrected chi connectivity index (χ1v) is 7.15. The molecule has 3 heterocycles. The monoisotopic (exact) mass is 331 g/mol. The first kappa shape index (κ1) is 14.6. The number of amides is 1. The van der Waals surface area contributed by atoms with Crippen LogP contribution in [-0.4, -0.2) is 50.7 Å². The van der Waals surface area contributed by atoms with Gasteiger partial charge in [-0.1, -0.05) is 23.2 Å². The highest BCUT2D eigenvalue weighted by Gasteiger charge is 2.36. The summed E-state index contributed by atoms with van der Waals surface area (Å²) in [7, 11) is 0. The molecule has 0 radical (unpaired) electrons. The molecule has 21 heavy (non-hydrogen) atoms. The van der Waals surface area contributed by atoms with Gasteiger partial charge >= 0.3 is 0 Å². The number of imidazole rings is 1. The summed E-state index contributed by atoms with van der Waals surface area (Å²) >= 11 is 11.9. The molecule has 1 amide bonds. The minimum absolute atomic E-state index is 0.0353. The van der Waals surface area contributed by atoms with E-state index in [4.69, 9.17) is 23.2 Å². The van der Waals surface area contributed by atoms with Crippen LogP contribution in [0.1, 0.15) is 16.9 Å². The summed E-state index contributed by atoms with van der Waals surface area (Å²) in [5.74, 6) is -0.426. The number of hydrogen-bond acceptors (Lipinski definition) is 3. The Morgan fingerprint density at radius 3 is 2.95 bits per heavy atom. The normalized spacial score (nSPS) is 22.2. The summed E-state index contributed by atoms with van der Waals surface area (Å²) < 4.78 is 15.0. The summed E-state index contributed by atoms with van der Waals surface area (Å²) in [5.41, 5.74) is 0.549. The van der Waals surface area contributed by atoms with Crippen molar-refractivity contribution in [1.29, 1.82) is 0 Å². The lowest BCUT2D eigenvalue weighted by molar-refractivity contribution is 0.0667. The van der Waals surface area contributed by atoms with Crippen molar-refractivity contribution in [3.8, 4) is 0 Å². The summed E-state index contributed by atoms with van der Waals surface area (Å²) in [6.07, 6.45) is 2.09. The van der Waals surface area contributed by atoms with E-state index in [0.717, 1.165) is 0 Å². The average molecular weight is 332 g/mol. The number of carbonyl (C=O) groups excluding carboxylic acids is 1. The maximum atomic E-state index is 13.4. The minimum Gasteiger partial charge on any atom is -0.394 e. The Kier molecular flexibility index (Phi) is 3.77. The van der Waals surface area contributed by atoms with E-state index in [2.05, 4.69) is 4.98 Å². The number of aromatic nitrogens is 2. The summed E-state index contributed by atoms with van der Waals surface area (Å²) in [6, 6.07) is 1.01. The molecule has 0 spiro atoms. The molecule has 3 rings (SSSR count). The van der Waals surface area contributed by atoms with Crippen LogP contribution in [0, 0.1) is 0 Å². The van der Waals surface area contributed by atoms with Gasteiger partial charge in [0.2, 0.25) is 0 Å². The van der Waals surface area contributed by atoms with Crippen molar-refractivity contribution in [1.82, 2.24) is 14.3 Å². The standard InChI is InChI=1S/C13H12Cl2FN3O2/c14-7-1-10(15)12-17-11(5-18(12)3-7)13(21)19-4-8(16)2-9(19)6-20/h1,3,5,8-9,20H,2,4,6H2/t8-,9-/m0/s1. The number of rotatable bonds is 2. The van der Waals surface area contributed by atoms with Gasteiger partial charge in [0.1, 0.15) is 11.9 Å². The Balaban J connectivity index is 1.96. The predicted octanol–water partition coefficient (Wildman–Crippen LogP) is 2.19. The van der Waals surface area contributed by atoms with Crippen molar-refractivity contribution in [2.45, 2.75) is 18.6 Å². The fourth-order valence-electron chi connectivity index (χ4n) is 2.56. The average Bonchev–Trinajstić information content (AvgIpc) is 3.01. The minimum atomic E-state index is -1.12. The van der Waals surface area contributed by atoms with Crippen molar-refractivity contribution < 1.29 is 14.3 Å². The predicted molar refractivity (Wildman–Crippen MR) is 76.6 cm³/mol. The number of fused-ring (bicyclic) bond motifs is 1. The van der Waals surface area contributed by atoms with Crippen LogP contribution in [0.3, 0.4) is 0 Å². The third-order valence-corrected chi connectivity index (χ3v) is 4.01. The van der Waals surface area contributed by atoms with Crippen LogP contribution in [0.15, 0.2) is 18.5 Å². The molecule has 0 unspecified atom stereocenters. The lowest BCUT2D eigenvalue weighted by atomic mass is 10.2. The molecule has 1 aliphatic rings. The molecule has 0 aromatic carbocycles. The van der Waals surface area contributed by atoms with Gasteiger partial charge in [-0.15, -0.1) is 0 Å². The van der Waals surface area contributed by atoms with Crippen LogP contribution in [0.25, 0.3) is 5.65 Å². The number of aliphatic hydroxyl groups excluding tert-OH is 1. The summed E-state index contributed by atoms with van der Waals surface area (Å²) in [5, 5.41) is 9.99. The molecule has 0 saturated carbocycles. The maximum Gasteiger partial charge on any atom is 0.274 e. The molecular formula is C13H12Cl2FN3O2. The molecule has 112 valence electrons. The van der Waals surface area contributed by atoms with Gasteiger partial charge < -0.3 is 14.4 Å². The number of likely N-dealkylation sites (tertiary alicyclic amines) is 1. The lowest BCUT2D eigenvalue weighted by Gasteiger charge is -2.21. The van der Waals surface area contributed by atoms with Crippen LogP contribution in [0.2, 0.25) is 10.0 Å². The second kappa shape index (κ2) is 5.44. The number of pyridine rings is 1. The van der Waals surface area contributed by atoms with Crippen molar-refractivity contribution in [3.63, 3.8) is 0 Å². The number of nitrogens with zero attached hydrogens (tertiary/aromatic N) is 3. The van der Waals surface area contributed by atoms with Gasteiger partial charge in [-0.3, -0.25) is 4.79 Å². The summed E-state index contributed by atoms with van der Waals surface area (Å²) in [6.45, 7) is -0.307. The zero-order valence-corrected chi connectivity index (χ0v) is 12.4. The van der Waals surface area contributed by atoms with Gasteiger partial charge in [0, 0.05) is 18.8 Å². The molecule has 0 aliphatic carbocycles. The van der Waals surface area contributed by atoms with Crippen molar-refractivity contribution >= 4 is 34.8 Å². The smallest absolute Gasteiger partial charge is 0.274 e. The Morgan fingerprint density at radius 1 is 1.48 bits per heavy atom.